The van der Waals surface area contributed by atoms with Gasteiger partial charge in [-0.3, -0.25) is 9.59 Å². The van der Waals surface area contributed by atoms with E-state index in [1.165, 1.54) is 19.2 Å². The lowest BCUT2D eigenvalue weighted by molar-refractivity contribution is 0.0991. The van der Waals surface area contributed by atoms with E-state index >= 15 is 0 Å². The summed E-state index contributed by atoms with van der Waals surface area (Å²) in [5.74, 6) is -1.07. The van der Waals surface area contributed by atoms with Crippen molar-refractivity contribution >= 4 is 17.5 Å². The molecule has 2 aromatic rings. The molecule has 7 heteroatoms. The average Bonchev–Trinajstić information content (AvgIpc) is 3.16. The fourth-order valence-corrected chi connectivity index (χ4v) is 3.09. The topological polar surface area (TPSA) is 90.6 Å². The van der Waals surface area contributed by atoms with Crippen molar-refractivity contribution in [2.45, 2.75) is 31.8 Å². The second kappa shape index (κ2) is 8.07. The van der Waals surface area contributed by atoms with Crippen LogP contribution >= 0.6 is 0 Å². The number of carbonyl (C=O) groups excluding carboxylic acids is 2. The standard InChI is InChI=1S/C20H21FN2O4/c1-26-14-7-8-15(18(11-14)27-13-4-2-3-5-13)20(25)23-12-6-9-17(21)16(10-12)19(22)24/h6-11,13H,2-5H2,1H3,(H2,22,24)(H,23,25). The van der Waals surface area contributed by atoms with Crippen LogP contribution in [0.5, 0.6) is 11.5 Å². The molecule has 1 aliphatic rings. The minimum atomic E-state index is -0.904. The molecule has 0 aromatic heterocycles. The Kier molecular flexibility index (Phi) is 5.59. The van der Waals surface area contributed by atoms with Crippen molar-refractivity contribution in [2.75, 3.05) is 12.4 Å². The second-order valence-corrected chi connectivity index (χ2v) is 6.40. The molecule has 0 saturated heterocycles. The maximum Gasteiger partial charge on any atom is 0.259 e. The molecule has 0 spiro atoms. The molecular weight excluding hydrogens is 351 g/mol. The Morgan fingerprint density at radius 3 is 2.52 bits per heavy atom. The van der Waals surface area contributed by atoms with Crippen molar-refractivity contribution in [3.63, 3.8) is 0 Å². The summed E-state index contributed by atoms with van der Waals surface area (Å²) in [4.78, 5) is 24.0. The number of halogens is 1. The van der Waals surface area contributed by atoms with Gasteiger partial charge in [0.1, 0.15) is 17.3 Å². The molecule has 2 amide bonds. The van der Waals surface area contributed by atoms with Crippen molar-refractivity contribution in [2.24, 2.45) is 5.73 Å². The van der Waals surface area contributed by atoms with Crippen molar-refractivity contribution in [3.05, 3.63) is 53.3 Å². The van der Waals surface area contributed by atoms with Crippen LogP contribution in [0.15, 0.2) is 36.4 Å². The molecule has 27 heavy (non-hydrogen) atoms. The number of carbonyl (C=O) groups is 2. The van der Waals surface area contributed by atoms with Crippen LogP contribution in [0.3, 0.4) is 0 Å². The summed E-state index contributed by atoms with van der Waals surface area (Å²) in [6.45, 7) is 0. The van der Waals surface area contributed by atoms with Crippen LogP contribution in [-0.4, -0.2) is 25.0 Å². The molecule has 1 aliphatic carbocycles. The van der Waals surface area contributed by atoms with Gasteiger partial charge in [0.05, 0.1) is 24.3 Å². The smallest absolute Gasteiger partial charge is 0.259 e. The molecule has 0 atom stereocenters. The number of rotatable bonds is 6. The Morgan fingerprint density at radius 1 is 1.11 bits per heavy atom. The summed E-state index contributed by atoms with van der Waals surface area (Å²) in [5.41, 5.74) is 5.45. The zero-order valence-corrected chi connectivity index (χ0v) is 15.0. The number of methoxy groups -OCH3 is 1. The minimum Gasteiger partial charge on any atom is -0.497 e. The first-order valence-electron chi connectivity index (χ1n) is 8.73. The minimum absolute atomic E-state index is 0.0657. The van der Waals surface area contributed by atoms with Crippen molar-refractivity contribution in [1.29, 1.82) is 0 Å². The van der Waals surface area contributed by atoms with Crippen molar-refractivity contribution in [3.8, 4) is 11.5 Å². The van der Waals surface area contributed by atoms with Gasteiger partial charge in [-0.05, 0) is 56.0 Å². The lowest BCUT2D eigenvalue weighted by atomic mass is 10.1. The van der Waals surface area contributed by atoms with Gasteiger partial charge in [-0.1, -0.05) is 0 Å². The number of primary amides is 1. The summed E-state index contributed by atoms with van der Waals surface area (Å²) in [6, 6.07) is 8.59. The Hall–Kier alpha value is -3.09. The van der Waals surface area contributed by atoms with Crippen LogP contribution in [0.25, 0.3) is 0 Å². The van der Waals surface area contributed by atoms with Crippen LogP contribution < -0.4 is 20.5 Å². The third-order valence-corrected chi connectivity index (χ3v) is 4.52. The zero-order valence-electron chi connectivity index (χ0n) is 15.0. The number of nitrogens with one attached hydrogen (secondary N) is 1. The average molecular weight is 372 g/mol. The van der Waals surface area contributed by atoms with E-state index in [-0.39, 0.29) is 17.4 Å². The second-order valence-electron chi connectivity index (χ2n) is 6.40. The molecule has 0 heterocycles. The molecule has 1 fully saturated rings. The number of anilines is 1. The Bertz CT molecular complexity index is 863. The highest BCUT2D eigenvalue weighted by atomic mass is 19.1. The molecule has 142 valence electrons. The van der Waals surface area contributed by atoms with E-state index in [9.17, 15) is 14.0 Å². The first-order valence-corrected chi connectivity index (χ1v) is 8.73. The third kappa shape index (κ3) is 4.36. The SMILES string of the molecule is COc1ccc(C(=O)Nc2ccc(F)c(C(N)=O)c2)c(OC2CCCC2)c1. The monoisotopic (exact) mass is 372 g/mol. The lowest BCUT2D eigenvalue weighted by Gasteiger charge is -2.17. The van der Waals surface area contributed by atoms with E-state index in [0.717, 1.165) is 31.7 Å². The number of hydrogen-bond acceptors (Lipinski definition) is 4. The first-order chi connectivity index (χ1) is 13.0. The molecule has 1 saturated carbocycles. The number of nitrogens with two attached hydrogens (primary N) is 1. The van der Waals surface area contributed by atoms with Gasteiger partial charge in [0.15, 0.2) is 0 Å². The van der Waals surface area contributed by atoms with Crippen LogP contribution in [0.2, 0.25) is 0 Å². The van der Waals surface area contributed by atoms with E-state index in [0.29, 0.717) is 17.1 Å². The largest absolute Gasteiger partial charge is 0.497 e. The van der Waals surface area contributed by atoms with Gasteiger partial charge in [-0.25, -0.2) is 4.39 Å². The highest BCUT2D eigenvalue weighted by molar-refractivity contribution is 6.07. The normalized spacial score (nSPS) is 14.0. The predicted octanol–water partition coefficient (Wildman–Crippen LogP) is 3.51. The molecule has 0 unspecified atom stereocenters. The Morgan fingerprint density at radius 2 is 1.85 bits per heavy atom. The van der Waals surface area contributed by atoms with Crippen LogP contribution in [0, 0.1) is 5.82 Å². The molecular formula is C20H21FN2O4. The summed E-state index contributed by atoms with van der Waals surface area (Å²) in [7, 11) is 1.54. The van der Waals surface area contributed by atoms with Crippen LogP contribution in [0.4, 0.5) is 10.1 Å². The number of benzene rings is 2. The maximum absolute atomic E-state index is 13.6. The first kappa shape index (κ1) is 18.7. The summed E-state index contributed by atoms with van der Waals surface area (Å²) in [5, 5.41) is 2.65. The van der Waals surface area contributed by atoms with Crippen LogP contribution in [0.1, 0.15) is 46.4 Å². The van der Waals surface area contributed by atoms with Gasteiger partial charge in [0, 0.05) is 11.8 Å². The van der Waals surface area contributed by atoms with Crippen molar-refractivity contribution in [1.82, 2.24) is 0 Å². The van der Waals surface area contributed by atoms with Gasteiger partial charge in [-0.2, -0.15) is 0 Å². The van der Waals surface area contributed by atoms with E-state index in [4.69, 9.17) is 15.2 Å². The molecule has 0 radical (unpaired) electrons. The molecule has 6 nitrogen and oxygen atoms in total. The quantitative estimate of drug-likeness (QED) is 0.812. The predicted molar refractivity (Wildman–Crippen MR) is 98.7 cm³/mol. The van der Waals surface area contributed by atoms with Crippen LogP contribution in [-0.2, 0) is 0 Å². The van der Waals surface area contributed by atoms with E-state index in [1.807, 2.05) is 0 Å². The zero-order chi connectivity index (χ0) is 19.4. The highest BCUT2D eigenvalue weighted by Gasteiger charge is 2.21. The fraction of sp³-hybridized carbons (Fsp3) is 0.300. The molecule has 0 aliphatic heterocycles. The maximum atomic E-state index is 13.6. The molecule has 3 rings (SSSR count). The lowest BCUT2D eigenvalue weighted by Crippen LogP contribution is -2.18. The van der Waals surface area contributed by atoms with Gasteiger partial charge in [0.25, 0.3) is 11.8 Å². The molecule has 3 N–H and O–H groups in total. The Balaban J connectivity index is 1.85. The highest BCUT2D eigenvalue weighted by Crippen LogP contribution is 2.30. The Labute approximate surface area is 156 Å². The number of hydrogen-bond donors (Lipinski definition) is 2. The fourth-order valence-electron chi connectivity index (χ4n) is 3.09. The van der Waals surface area contributed by atoms with Crippen molar-refractivity contribution < 1.29 is 23.5 Å². The van der Waals surface area contributed by atoms with Gasteiger partial charge in [-0.15, -0.1) is 0 Å². The van der Waals surface area contributed by atoms with Gasteiger partial charge in [0.2, 0.25) is 0 Å². The van der Waals surface area contributed by atoms with Gasteiger partial charge < -0.3 is 20.5 Å². The number of ether oxygens (including phenoxy) is 2. The number of amides is 2. The summed E-state index contributed by atoms with van der Waals surface area (Å²) >= 11 is 0. The molecule has 0 bridgehead atoms. The third-order valence-electron chi connectivity index (χ3n) is 4.52. The van der Waals surface area contributed by atoms with Gasteiger partial charge >= 0.3 is 0 Å². The molecule has 2 aromatic carbocycles. The van der Waals surface area contributed by atoms with E-state index in [1.54, 1.807) is 18.2 Å². The summed E-state index contributed by atoms with van der Waals surface area (Å²) < 4.78 is 24.8. The van der Waals surface area contributed by atoms with E-state index in [2.05, 4.69) is 5.32 Å². The van der Waals surface area contributed by atoms with E-state index < -0.39 is 17.6 Å². The summed E-state index contributed by atoms with van der Waals surface area (Å²) in [6.07, 6.45) is 4.15.